The van der Waals surface area contributed by atoms with Gasteiger partial charge in [-0.1, -0.05) is 6.07 Å². The average molecular weight is 303 g/mol. The molecule has 1 saturated heterocycles. The number of benzene rings is 1. The van der Waals surface area contributed by atoms with Gasteiger partial charge in [0.05, 0.1) is 7.11 Å². The molecule has 0 atom stereocenters. The highest BCUT2D eigenvalue weighted by molar-refractivity contribution is 5.97. The number of hydrogen-bond donors (Lipinski definition) is 1. The number of methoxy groups -OCH3 is 1. The fraction of sp³-hybridized carbons (Fsp3) is 0.500. The number of nitrogens with two attached hydrogens (primary N) is 1. The van der Waals surface area contributed by atoms with Gasteiger partial charge in [-0.05, 0) is 37.4 Å². The standard InChI is InChI=1S/C14H19FN2O2.ClH/c1-19-12-4-2-3-11(15)13(12)14(18)17-7-5-10(9-16)6-8-17;/h2-4,10H,5-9,16H2,1H3;1H. The van der Waals surface area contributed by atoms with Crippen LogP contribution in [-0.4, -0.2) is 37.6 Å². The van der Waals surface area contributed by atoms with E-state index >= 15 is 0 Å². The third-order valence-electron chi connectivity index (χ3n) is 3.64. The minimum absolute atomic E-state index is 0. The molecule has 2 N–H and O–H groups in total. The smallest absolute Gasteiger partial charge is 0.260 e. The minimum atomic E-state index is -0.537. The van der Waals surface area contributed by atoms with Crippen LogP contribution in [-0.2, 0) is 0 Å². The maximum absolute atomic E-state index is 13.8. The summed E-state index contributed by atoms with van der Waals surface area (Å²) >= 11 is 0. The van der Waals surface area contributed by atoms with Crippen molar-refractivity contribution in [3.63, 3.8) is 0 Å². The molecule has 1 fully saturated rings. The highest BCUT2D eigenvalue weighted by atomic mass is 35.5. The molecule has 0 aliphatic carbocycles. The average Bonchev–Trinajstić information content (AvgIpc) is 2.46. The highest BCUT2D eigenvalue weighted by Crippen LogP contribution is 2.25. The number of amides is 1. The number of piperidine rings is 1. The highest BCUT2D eigenvalue weighted by Gasteiger charge is 2.26. The predicted octanol–water partition coefficient (Wildman–Crippen LogP) is 2.07. The van der Waals surface area contributed by atoms with E-state index in [4.69, 9.17) is 10.5 Å². The summed E-state index contributed by atoms with van der Waals surface area (Å²) in [5.74, 6) is -0.0896. The molecule has 0 unspecified atom stereocenters. The van der Waals surface area contributed by atoms with Crippen LogP contribution >= 0.6 is 12.4 Å². The molecular formula is C14H20ClFN2O2. The zero-order valence-corrected chi connectivity index (χ0v) is 12.3. The van der Waals surface area contributed by atoms with Gasteiger partial charge in [0.25, 0.3) is 5.91 Å². The summed E-state index contributed by atoms with van der Waals surface area (Å²) in [7, 11) is 1.44. The zero-order valence-electron chi connectivity index (χ0n) is 11.5. The summed E-state index contributed by atoms with van der Waals surface area (Å²) in [5, 5.41) is 0. The Bertz CT molecular complexity index is 462. The van der Waals surface area contributed by atoms with Crippen LogP contribution in [0.1, 0.15) is 23.2 Å². The quantitative estimate of drug-likeness (QED) is 0.930. The monoisotopic (exact) mass is 302 g/mol. The van der Waals surface area contributed by atoms with E-state index in [1.165, 1.54) is 19.2 Å². The first-order chi connectivity index (χ1) is 9.17. The van der Waals surface area contributed by atoms with Gasteiger partial charge >= 0.3 is 0 Å². The molecule has 1 aromatic rings. The van der Waals surface area contributed by atoms with Crippen molar-refractivity contribution in [2.24, 2.45) is 11.7 Å². The van der Waals surface area contributed by atoms with Crippen LogP contribution in [0.4, 0.5) is 4.39 Å². The van der Waals surface area contributed by atoms with Gasteiger partial charge in [-0.3, -0.25) is 4.79 Å². The number of halogens is 2. The molecule has 1 aromatic carbocycles. The molecule has 2 rings (SSSR count). The third kappa shape index (κ3) is 3.41. The van der Waals surface area contributed by atoms with Crippen molar-refractivity contribution >= 4 is 18.3 Å². The largest absolute Gasteiger partial charge is 0.496 e. The van der Waals surface area contributed by atoms with Gasteiger partial charge in [-0.25, -0.2) is 4.39 Å². The number of hydrogen-bond acceptors (Lipinski definition) is 3. The molecule has 0 radical (unpaired) electrons. The van der Waals surface area contributed by atoms with Crippen molar-refractivity contribution in [3.8, 4) is 5.75 Å². The summed E-state index contributed by atoms with van der Waals surface area (Å²) in [6.07, 6.45) is 1.75. The van der Waals surface area contributed by atoms with E-state index in [1.807, 2.05) is 0 Å². The molecule has 0 aromatic heterocycles. The van der Waals surface area contributed by atoms with Crippen LogP contribution < -0.4 is 10.5 Å². The summed E-state index contributed by atoms with van der Waals surface area (Å²) in [4.78, 5) is 14.0. The van der Waals surface area contributed by atoms with E-state index in [9.17, 15) is 9.18 Å². The molecule has 1 aliphatic heterocycles. The molecule has 4 nitrogen and oxygen atoms in total. The summed E-state index contributed by atoms with van der Waals surface area (Å²) in [5.41, 5.74) is 5.65. The van der Waals surface area contributed by atoms with E-state index < -0.39 is 5.82 Å². The molecule has 112 valence electrons. The summed E-state index contributed by atoms with van der Waals surface area (Å²) in [6.45, 7) is 1.89. The molecule has 20 heavy (non-hydrogen) atoms. The van der Waals surface area contributed by atoms with Crippen molar-refractivity contribution in [2.45, 2.75) is 12.8 Å². The third-order valence-corrected chi connectivity index (χ3v) is 3.64. The Morgan fingerprint density at radius 1 is 1.45 bits per heavy atom. The number of rotatable bonds is 3. The van der Waals surface area contributed by atoms with Crippen LogP contribution in [0, 0.1) is 11.7 Å². The van der Waals surface area contributed by atoms with Crippen molar-refractivity contribution in [1.82, 2.24) is 4.90 Å². The van der Waals surface area contributed by atoms with Crippen LogP contribution in [0.3, 0.4) is 0 Å². The second-order valence-corrected chi connectivity index (χ2v) is 4.79. The molecular weight excluding hydrogens is 283 g/mol. The van der Waals surface area contributed by atoms with Gasteiger partial charge in [0.2, 0.25) is 0 Å². The Balaban J connectivity index is 0.00000200. The van der Waals surface area contributed by atoms with Gasteiger partial charge in [-0.2, -0.15) is 0 Å². The van der Waals surface area contributed by atoms with Crippen LogP contribution in [0.15, 0.2) is 18.2 Å². The lowest BCUT2D eigenvalue weighted by atomic mass is 9.96. The molecule has 0 spiro atoms. The van der Waals surface area contributed by atoms with E-state index in [2.05, 4.69) is 0 Å². The Morgan fingerprint density at radius 2 is 2.10 bits per heavy atom. The number of ether oxygens (including phenoxy) is 1. The maximum Gasteiger partial charge on any atom is 0.260 e. The van der Waals surface area contributed by atoms with Crippen molar-refractivity contribution in [1.29, 1.82) is 0 Å². The second-order valence-electron chi connectivity index (χ2n) is 4.79. The van der Waals surface area contributed by atoms with Crippen LogP contribution in [0.2, 0.25) is 0 Å². The van der Waals surface area contributed by atoms with Gasteiger partial charge in [0.15, 0.2) is 0 Å². The Morgan fingerprint density at radius 3 is 2.65 bits per heavy atom. The lowest BCUT2D eigenvalue weighted by Gasteiger charge is -2.31. The normalized spacial score (nSPS) is 15.7. The first-order valence-corrected chi connectivity index (χ1v) is 6.49. The molecule has 1 aliphatic rings. The molecule has 1 amide bonds. The van der Waals surface area contributed by atoms with Gasteiger partial charge in [-0.15, -0.1) is 12.4 Å². The Kier molecular flexibility index (Phi) is 6.23. The number of carbonyl (C=O) groups excluding carboxylic acids is 1. The predicted molar refractivity (Wildman–Crippen MR) is 77.9 cm³/mol. The van der Waals surface area contributed by atoms with Crippen molar-refractivity contribution in [2.75, 3.05) is 26.7 Å². The lowest BCUT2D eigenvalue weighted by molar-refractivity contribution is 0.0685. The minimum Gasteiger partial charge on any atom is -0.496 e. The van der Waals surface area contributed by atoms with E-state index in [1.54, 1.807) is 11.0 Å². The van der Waals surface area contributed by atoms with Crippen molar-refractivity contribution in [3.05, 3.63) is 29.6 Å². The van der Waals surface area contributed by atoms with Gasteiger partial charge < -0.3 is 15.4 Å². The molecule has 6 heteroatoms. The number of carbonyl (C=O) groups is 1. The number of nitrogens with zero attached hydrogens (tertiary/aromatic N) is 1. The van der Waals surface area contributed by atoms with Crippen LogP contribution in [0.25, 0.3) is 0 Å². The molecule has 0 bridgehead atoms. The Labute approximate surface area is 124 Å². The summed E-state index contributed by atoms with van der Waals surface area (Å²) in [6, 6.07) is 4.41. The van der Waals surface area contributed by atoms with Gasteiger partial charge in [0, 0.05) is 13.1 Å². The lowest BCUT2D eigenvalue weighted by Crippen LogP contribution is -2.40. The summed E-state index contributed by atoms with van der Waals surface area (Å²) < 4.78 is 18.9. The van der Waals surface area contributed by atoms with E-state index in [-0.39, 0.29) is 29.6 Å². The topological polar surface area (TPSA) is 55.6 Å². The molecule has 0 saturated carbocycles. The first-order valence-electron chi connectivity index (χ1n) is 6.49. The van der Waals surface area contributed by atoms with Crippen LogP contribution in [0.5, 0.6) is 5.75 Å². The number of likely N-dealkylation sites (tertiary alicyclic amines) is 1. The SMILES string of the molecule is COc1cccc(F)c1C(=O)N1CCC(CN)CC1.Cl. The van der Waals surface area contributed by atoms with Gasteiger partial charge in [0.1, 0.15) is 17.1 Å². The molecule has 1 heterocycles. The maximum atomic E-state index is 13.8. The first kappa shape index (κ1) is 16.7. The fourth-order valence-corrected chi connectivity index (χ4v) is 2.41. The van der Waals surface area contributed by atoms with E-state index in [0.717, 1.165) is 12.8 Å². The fourth-order valence-electron chi connectivity index (χ4n) is 2.41. The zero-order chi connectivity index (χ0) is 13.8. The Hall–Kier alpha value is -1.33. The van der Waals surface area contributed by atoms with E-state index in [0.29, 0.717) is 25.6 Å². The second kappa shape index (κ2) is 7.45. The van der Waals surface area contributed by atoms with Crippen molar-refractivity contribution < 1.29 is 13.9 Å².